The summed E-state index contributed by atoms with van der Waals surface area (Å²) in [5.74, 6) is 2.72. The topological polar surface area (TPSA) is 145 Å². The number of hydrogen-bond donors (Lipinski definition) is 0. The standard InChI is InChI=1S/C40H42O14/c1-15-25-29(35-21(51-15)13-23(41)53-35)39(49-9)27-19(43-3)11-17(33(45-5)31(27)37(25)47-7)18-12-20(44-4)28-32(34(18)46-6)38(48-8)26-16(2)52-22-14-24(42)54-36(22)30(26)40(28)50-10/h11-12,15-16,21-22,35-36H,13-14H2,1-10H3/t15?,16?,21-,22-,35+,36+/m1/s1. The number of benzene rings is 4. The van der Waals surface area contributed by atoms with Crippen molar-refractivity contribution in [1.29, 1.82) is 0 Å². The Morgan fingerprint density at radius 2 is 0.796 bits per heavy atom. The van der Waals surface area contributed by atoms with Gasteiger partial charge in [0.15, 0.2) is 12.2 Å². The number of hydrogen-bond acceptors (Lipinski definition) is 14. The minimum atomic E-state index is -0.708. The molecule has 4 aromatic rings. The van der Waals surface area contributed by atoms with Crippen LogP contribution >= 0.6 is 0 Å². The van der Waals surface area contributed by atoms with Crippen molar-refractivity contribution in [3.05, 3.63) is 34.4 Å². The normalized spacial score (nSPS) is 23.8. The summed E-state index contributed by atoms with van der Waals surface area (Å²) in [5, 5.41) is 2.18. The van der Waals surface area contributed by atoms with Crippen LogP contribution in [0, 0.1) is 0 Å². The Labute approximate surface area is 311 Å². The smallest absolute Gasteiger partial charge is 0.309 e. The Kier molecular flexibility index (Phi) is 8.72. The average Bonchev–Trinajstić information content (AvgIpc) is 3.74. The molecule has 0 radical (unpaired) electrons. The number of carbonyl (C=O) groups is 2. The van der Waals surface area contributed by atoms with E-state index in [1.807, 2.05) is 26.0 Å². The first-order chi connectivity index (χ1) is 26.1. The number of methoxy groups -OCH3 is 8. The molecule has 0 aliphatic carbocycles. The van der Waals surface area contributed by atoms with Crippen LogP contribution in [0.25, 0.3) is 32.7 Å². The highest BCUT2D eigenvalue weighted by molar-refractivity contribution is 6.12. The summed E-state index contributed by atoms with van der Waals surface area (Å²) in [5.41, 5.74) is 3.75. The zero-order valence-electron chi connectivity index (χ0n) is 31.7. The monoisotopic (exact) mass is 746 g/mol. The van der Waals surface area contributed by atoms with Crippen molar-refractivity contribution >= 4 is 33.5 Å². The lowest BCUT2D eigenvalue weighted by Crippen LogP contribution is -2.28. The second kappa shape index (κ2) is 13.2. The highest BCUT2D eigenvalue weighted by atomic mass is 16.6. The van der Waals surface area contributed by atoms with E-state index in [9.17, 15) is 9.59 Å². The molecule has 0 aromatic heterocycles. The fourth-order valence-electron chi connectivity index (χ4n) is 9.02. The van der Waals surface area contributed by atoms with E-state index >= 15 is 0 Å². The fourth-order valence-corrected chi connectivity index (χ4v) is 9.02. The molecule has 4 aliphatic rings. The van der Waals surface area contributed by atoms with Gasteiger partial charge in [0.2, 0.25) is 0 Å². The van der Waals surface area contributed by atoms with Gasteiger partial charge in [0.25, 0.3) is 0 Å². The molecule has 286 valence electrons. The van der Waals surface area contributed by atoms with Gasteiger partial charge < -0.3 is 56.8 Å². The van der Waals surface area contributed by atoms with Crippen LogP contribution in [0.2, 0.25) is 0 Å². The summed E-state index contributed by atoms with van der Waals surface area (Å²) in [6.07, 6.45) is -3.15. The van der Waals surface area contributed by atoms with E-state index in [0.717, 1.165) is 0 Å². The van der Waals surface area contributed by atoms with Crippen LogP contribution in [-0.4, -0.2) is 81.0 Å². The van der Waals surface area contributed by atoms with E-state index in [-0.39, 0.29) is 24.8 Å². The molecule has 2 unspecified atom stereocenters. The summed E-state index contributed by atoms with van der Waals surface area (Å²) in [7, 11) is 12.5. The second-order valence-corrected chi connectivity index (χ2v) is 13.5. The third-order valence-corrected chi connectivity index (χ3v) is 11.0. The lowest BCUT2D eigenvalue weighted by Gasteiger charge is -2.35. The Morgan fingerprint density at radius 3 is 1.11 bits per heavy atom. The zero-order valence-corrected chi connectivity index (χ0v) is 31.7. The van der Waals surface area contributed by atoms with Crippen LogP contribution in [0.5, 0.6) is 46.0 Å². The van der Waals surface area contributed by atoms with Gasteiger partial charge >= 0.3 is 11.9 Å². The minimum absolute atomic E-state index is 0.121. The SMILES string of the molecule is COc1cc(-c2cc(OC)c3c(OC)c4c(c(OC)c3c2OC)C(C)O[C@@H]2CC(=O)O[C@H]42)c(OC)c2c(OC)c3c(c(OC)c12)[C@H]1OC(=O)C[C@H]1OC3C. The van der Waals surface area contributed by atoms with Gasteiger partial charge in [-0.25, -0.2) is 0 Å². The minimum Gasteiger partial charge on any atom is -0.496 e. The van der Waals surface area contributed by atoms with Crippen LogP contribution in [0.3, 0.4) is 0 Å². The summed E-state index contributed by atoms with van der Waals surface area (Å²) < 4.78 is 73.8. The Hall–Kier alpha value is -5.34. The van der Waals surface area contributed by atoms with E-state index in [4.69, 9.17) is 56.8 Å². The van der Waals surface area contributed by atoms with Crippen LogP contribution in [0.1, 0.15) is 73.4 Å². The quantitative estimate of drug-likeness (QED) is 0.169. The van der Waals surface area contributed by atoms with Crippen LogP contribution in [0.4, 0.5) is 0 Å². The van der Waals surface area contributed by atoms with Crippen molar-refractivity contribution in [3.8, 4) is 57.1 Å². The van der Waals surface area contributed by atoms with Crippen molar-refractivity contribution in [2.24, 2.45) is 0 Å². The van der Waals surface area contributed by atoms with Gasteiger partial charge in [0, 0.05) is 33.4 Å². The molecule has 0 N–H and O–H groups in total. The summed E-state index contributed by atoms with van der Waals surface area (Å²) in [6, 6.07) is 3.66. The third-order valence-electron chi connectivity index (χ3n) is 11.0. The van der Waals surface area contributed by atoms with Crippen molar-refractivity contribution in [2.75, 3.05) is 56.9 Å². The van der Waals surface area contributed by atoms with E-state index in [0.29, 0.717) is 101 Å². The molecule has 2 fully saturated rings. The van der Waals surface area contributed by atoms with Crippen LogP contribution < -0.4 is 37.9 Å². The number of fused-ring (bicyclic) bond motifs is 8. The number of rotatable bonds is 9. The number of ether oxygens (including phenoxy) is 12. The first-order valence-electron chi connectivity index (χ1n) is 17.5. The van der Waals surface area contributed by atoms with Gasteiger partial charge in [-0.2, -0.15) is 0 Å². The lowest BCUT2D eigenvalue weighted by molar-refractivity contribution is -0.144. The fraction of sp³-hybridized carbons (Fsp3) is 0.450. The molecule has 6 atom stereocenters. The van der Waals surface area contributed by atoms with Gasteiger partial charge in [-0.15, -0.1) is 0 Å². The first kappa shape index (κ1) is 35.7. The zero-order chi connectivity index (χ0) is 38.3. The largest absolute Gasteiger partial charge is 0.496 e. The maximum atomic E-state index is 12.5. The van der Waals surface area contributed by atoms with Gasteiger partial charge in [0.1, 0.15) is 58.2 Å². The molecule has 0 saturated carbocycles. The molecule has 0 amide bonds. The number of esters is 2. The molecular formula is C40H42O14. The predicted octanol–water partition coefficient (Wildman–Crippen LogP) is 6.62. The Morgan fingerprint density at radius 1 is 0.463 bits per heavy atom. The summed E-state index contributed by atoms with van der Waals surface area (Å²) in [4.78, 5) is 25.1. The van der Waals surface area contributed by atoms with Gasteiger partial charge in [-0.1, -0.05) is 0 Å². The first-order valence-corrected chi connectivity index (χ1v) is 17.5. The molecule has 0 bridgehead atoms. The predicted molar refractivity (Wildman–Crippen MR) is 193 cm³/mol. The molecule has 54 heavy (non-hydrogen) atoms. The van der Waals surface area contributed by atoms with Crippen molar-refractivity contribution < 1.29 is 66.4 Å². The number of carbonyl (C=O) groups excluding carboxylic acids is 2. The highest BCUT2D eigenvalue weighted by Gasteiger charge is 2.49. The maximum absolute atomic E-state index is 12.5. The maximum Gasteiger partial charge on any atom is 0.309 e. The third kappa shape index (κ3) is 4.78. The molecule has 4 aliphatic heterocycles. The van der Waals surface area contributed by atoms with Gasteiger partial charge in [-0.3, -0.25) is 9.59 Å². The van der Waals surface area contributed by atoms with Crippen LogP contribution in [0.15, 0.2) is 12.1 Å². The Balaban J connectivity index is 1.51. The molecule has 0 spiro atoms. The average molecular weight is 747 g/mol. The summed E-state index contributed by atoms with van der Waals surface area (Å²) >= 11 is 0. The van der Waals surface area contributed by atoms with E-state index in [1.54, 1.807) is 56.9 Å². The van der Waals surface area contributed by atoms with Gasteiger partial charge in [0.05, 0.1) is 103 Å². The highest BCUT2D eigenvalue weighted by Crippen LogP contribution is 2.62. The van der Waals surface area contributed by atoms with E-state index in [2.05, 4.69) is 0 Å². The van der Waals surface area contributed by atoms with Crippen molar-refractivity contribution in [3.63, 3.8) is 0 Å². The lowest BCUT2D eigenvalue weighted by atomic mass is 9.84. The molecule has 2 saturated heterocycles. The Bertz CT molecular complexity index is 2090. The van der Waals surface area contributed by atoms with Gasteiger partial charge in [-0.05, 0) is 26.0 Å². The molecule has 14 heteroatoms. The molecule has 8 rings (SSSR count). The van der Waals surface area contributed by atoms with Crippen molar-refractivity contribution in [2.45, 2.75) is 63.3 Å². The van der Waals surface area contributed by atoms with Crippen LogP contribution in [-0.2, 0) is 28.5 Å². The second-order valence-electron chi connectivity index (χ2n) is 13.5. The van der Waals surface area contributed by atoms with E-state index in [1.165, 1.54) is 0 Å². The van der Waals surface area contributed by atoms with E-state index < -0.39 is 36.6 Å². The summed E-state index contributed by atoms with van der Waals surface area (Å²) in [6.45, 7) is 3.80. The molecule has 4 heterocycles. The molecule has 4 aromatic carbocycles. The molecule has 14 nitrogen and oxygen atoms in total. The molecular weight excluding hydrogens is 704 g/mol. The van der Waals surface area contributed by atoms with Crippen molar-refractivity contribution in [1.82, 2.24) is 0 Å².